The van der Waals surface area contributed by atoms with E-state index < -0.39 is 11.8 Å². The van der Waals surface area contributed by atoms with Crippen LogP contribution in [0.1, 0.15) is 41.4 Å². The molecule has 0 spiro atoms. The quantitative estimate of drug-likeness (QED) is 0.140. The summed E-state index contributed by atoms with van der Waals surface area (Å²) in [5.74, 6) is -1.43. The van der Waals surface area contributed by atoms with E-state index in [-0.39, 0.29) is 21.9 Å². The lowest BCUT2D eigenvalue weighted by Crippen LogP contribution is -2.15. The van der Waals surface area contributed by atoms with Gasteiger partial charge >= 0.3 is 0 Å². The Morgan fingerprint density at radius 3 is 1.05 bits per heavy atom. The molecule has 0 aliphatic carbocycles. The summed E-state index contributed by atoms with van der Waals surface area (Å²) >= 11 is 12.7. The molecule has 5 aromatic carbocycles. The fourth-order valence-corrected chi connectivity index (χ4v) is 4.59. The van der Waals surface area contributed by atoms with Gasteiger partial charge in [-0.05, 0) is 84.9 Å². The Labute approximate surface area is 263 Å². The molecule has 0 unspecified atom stereocenters. The van der Waals surface area contributed by atoms with Gasteiger partial charge < -0.3 is 21.3 Å². The Morgan fingerprint density at radius 1 is 0.386 bits per heavy atom. The predicted molar refractivity (Wildman–Crippen MR) is 174 cm³/mol. The van der Waals surface area contributed by atoms with E-state index in [1.807, 2.05) is 12.1 Å². The minimum Gasteiger partial charge on any atom is -0.322 e. The van der Waals surface area contributed by atoms with Gasteiger partial charge in [-0.15, -0.1) is 0 Å². The highest BCUT2D eigenvalue weighted by Gasteiger charge is 2.14. The molecule has 0 heterocycles. The van der Waals surface area contributed by atoms with Crippen LogP contribution in [0.3, 0.4) is 0 Å². The molecule has 0 aromatic heterocycles. The van der Waals surface area contributed by atoms with Gasteiger partial charge in [0.25, 0.3) is 23.6 Å². The summed E-state index contributed by atoms with van der Waals surface area (Å²) in [6.07, 6.45) is 0. The summed E-state index contributed by atoms with van der Waals surface area (Å²) in [4.78, 5) is 50.5. The molecule has 10 heteroatoms. The fourth-order valence-electron chi connectivity index (χ4n) is 4.14. The van der Waals surface area contributed by atoms with E-state index >= 15 is 0 Å². The van der Waals surface area contributed by atoms with Gasteiger partial charge in [-0.2, -0.15) is 0 Å². The lowest BCUT2D eigenvalue weighted by atomic mass is 10.1. The SMILES string of the molecule is O=C(Nc1ccc(NC(=O)c2ccc(C(=O)Nc3ccc(NC(=O)c4ccccc4)cc3Cl)cc2)c(Cl)c1)c1ccccc1. The molecule has 8 nitrogen and oxygen atoms in total. The Balaban J connectivity index is 1.17. The molecule has 44 heavy (non-hydrogen) atoms. The molecule has 218 valence electrons. The van der Waals surface area contributed by atoms with Crippen LogP contribution in [0.4, 0.5) is 22.7 Å². The van der Waals surface area contributed by atoms with Crippen molar-refractivity contribution >= 4 is 69.6 Å². The van der Waals surface area contributed by atoms with Gasteiger partial charge in [0, 0.05) is 33.6 Å². The number of rotatable bonds is 8. The largest absolute Gasteiger partial charge is 0.322 e. The maximum atomic E-state index is 12.8. The summed E-state index contributed by atoms with van der Waals surface area (Å²) in [6, 6.07) is 33.1. The summed E-state index contributed by atoms with van der Waals surface area (Å²) in [6.45, 7) is 0. The molecule has 4 N–H and O–H groups in total. The molecule has 0 fully saturated rings. The number of amides is 4. The van der Waals surface area contributed by atoms with E-state index in [2.05, 4.69) is 21.3 Å². The van der Waals surface area contributed by atoms with Crippen molar-refractivity contribution in [1.29, 1.82) is 0 Å². The molecule has 0 saturated heterocycles. The molecule has 0 bridgehead atoms. The first-order valence-corrected chi connectivity index (χ1v) is 14.1. The van der Waals surface area contributed by atoms with Crippen LogP contribution in [-0.2, 0) is 0 Å². The average Bonchev–Trinajstić information content (AvgIpc) is 3.04. The number of halogens is 2. The second kappa shape index (κ2) is 13.7. The second-order valence-corrected chi connectivity index (χ2v) is 10.3. The predicted octanol–water partition coefficient (Wildman–Crippen LogP) is 8.00. The van der Waals surface area contributed by atoms with E-state index in [9.17, 15) is 19.2 Å². The second-order valence-electron chi connectivity index (χ2n) is 9.52. The van der Waals surface area contributed by atoms with Crippen LogP contribution in [0.5, 0.6) is 0 Å². The van der Waals surface area contributed by atoms with Crippen LogP contribution < -0.4 is 21.3 Å². The minimum absolute atomic E-state index is 0.239. The van der Waals surface area contributed by atoms with Crippen molar-refractivity contribution in [2.24, 2.45) is 0 Å². The van der Waals surface area contributed by atoms with Gasteiger partial charge in [-0.1, -0.05) is 59.6 Å². The van der Waals surface area contributed by atoms with Crippen molar-refractivity contribution in [3.8, 4) is 0 Å². The van der Waals surface area contributed by atoms with Crippen LogP contribution in [-0.4, -0.2) is 23.6 Å². The lowest BCUT2D eigenvalue weighted by Gasteiger charge is -2.12. The topological polar surface area (TPSA) is 116 Å². The van der Waals surface area contributed by atoms with E-state index in [1.54, 1.807) is 84.9 Å². The van der Waals surface area contributed by atoms with Gasteiger partial charge in [-0.3, -0.25) is 19.2 Å². The van der Waals surface area contributed by atoms with Crippen LogP contribution in [0.15, 0.2) is 121 Å². The highest BCUT2D eigenvalue weighted by atomic mass is 35.5. The highest BCUT2D eigenvalue weighted by molar-refractivity contribution is 6.35. The van der Waals surface area contributed by atoms with Crippen LogP contribution in [0.2, 0.25) is 10.0 Å². The third-order valence-electron chi connectivity index (χ3n) is 6.43. The molecule has 5 rings (SSSR count). The van der Waals surface area contributed by atoms with Gasteiger partial charge in [0.05, 0.1) is 21.4 Å². The molecule has 0 aliphatic rings. The van der Waals surface area contributed by atoms with Crippen molar-refractivity contribution in [2.75, 3.05) is 21.3 Å². The van der Waals surface area contributed by atoms with Crippen LogP contribution >= 0.6 is 23.2 Å². The number of carbonyl (C=O) groups excluding carboxylic acids is 4. The summed E-state index contributed by atoms with van der Waals surface area (Å²) in [5, 5.41) is 11.5. The zero-order valence-electron chi connectivity index (χ0n) is 22.9. The minimum atomic E-state index is -0.434. The average molecular weight is 623 g/mol. The van der Waals surface area contributed by atoms with Crippen molar-refractivity contribution < 1.29 is 19.2 Å². The van der Waals surface area contributed by atoms with Crippen molar-refractivity contribution in [2.45, 2.75) is 0 Å². The molecule has 0 aliphatic heterocycles. The maximum Gasteiger partial charge on any atom is 0.255 e. The van der Waals surface area contributed by atoms with Gasteiger partial charge in [0.15, 0.2) is 0 Å². The Kier molecular flexibility index (Phi) is 9.34. The Morgan fingerprint density at radius 2 is 0.705 bits per heavy atom. The first kappa shape index (κ1) is 30.0. The van der Waals surface area contributed by atoms with E-state index in [0.717, 1.165) is 0 Å². The number of hydrogen-bond acceptors (Lipinski definition) is 4. The molecule has 0 saturated carbocycles. The summed E-state index contributed by atoms with van der Waals surface area (Å²) < 4.78 is 0. The Hall–Kier alpha value is -5.44. The molecule has 4 amide bonds. The maximum absolute atomic E-state index is 12.8. The van der Waals surface area contributed by atoms with E-state index in [4.69, 9.17) is 23.2 Å². The molecular formula is C34H24Cl2N4O4. The molecule has 0 atom stereocenters. The number of nitrogens with one attached hydrogen (secondary N) is 4. The third kappa shape index (κ3) is 7.49. The summed E-state index contributed by atoms with van der Waals surface area (Å²) in [5.41, 5.74) is 3.27. The highest BCUT2D eigenvalue weighted by Crippen LogP contribution is 2.28. The van der Waals surface area contributed by atoms with Gasteiger partial charge in [0.2, 0.25) is 0 Å². The normalized spacial score (nSPS) is 10.4. The smallest absolute Gasteiger partial charge is 0.255 e. The van der Waals surface area contributed by atoms with Crippen molar-refractivity contribution in [3.63, 3.8) is 0 Å². The zero-order valence-corrected chi connectivity index (χ0v) is 24.4. The summed E-state index contributed by atoms with van der Waals surface area (Å²) in [7, 11) is 0. The number of anilines is 4. The first-order chi connectivity index (χ1) is 21.3. The number of benzene rings is 5. The van der Waals surface area contributed by atoms with Crippen LogP contribution in [0.25, 0.3) is 0 Å². The zero-order chi connectivity index (χ0) is 31.1. The monoisotopic (exact) mass is 622 g/mol. The van der Waals surface area contributed by atoms with E-state index in [0.29, 0.717) is 45.0 Å². The van der Waals surface area contributed by atoms with Gasteiger partial charge in [-0.25, -0.2) is 0 Å². The molecule has 0 radical (unpaired) electrons. The van der Waals surface area contributed by atoms with E-state index in [1.165, 1.54) is 24.3 Å². The Bertz CT molecular complexity index is 1710. The van der Waals surface area contributed by atoms with Crippen molar-refractivity contribution in [1.82, 2.24) is 0 Å². The molecular weight excluding hydrogens is 599 g/mol. The first-order valence-electron chi connectivity index (χ1n) is 13.3. The fraction of sp³-hybridized carbons (Fsp3) is 0. The molecule has 5 aromatic rings. The standard InChI is InChI=1S/C34H24Cl2N4O4/c35-27-19-25(37-31(41)21-7-3-1-4-8-21)15-17-29(27)39-33(43)23-11-13-24(14-12-23)34(44)40-30-18-16-26(20-28(30)36)38-32(42)22-9-5-2-6-10-22/h1-20H,(H,37,41)(H,38,42)(H,39,43)(H,40,44). The van der Waals surface area contributed by atoms with Crippen LogP contribution in [0, 0.1) is 0 Å². The van der Waals surface area contributed by atoms with Crippen molar-refractivity contribution in [3.05, 3.63) is 154 Å². The number of carbonyl (C=O) groups is 4. The third-order valence-corrected chi connectivity index (χ3v) is 7.06. The lowest BCUT2D eigenvalue weighted by molar-refractivity contribution is 0.101. The van der Waals surface area contributed by atoms with Gasteiger partial charge in [0.1, 0.15) is 0 Å². The number of hydrogen-bond donors (Lipinski definition) is 4.